The topological polar surface area (TPSA) is 59.0 Å². The number of aryl methyl sites for hydroxylation is 1. The fourth-order valence-electron chi connectivity index (χ4n) is 1.36. The van der Waals surface area contributed by atoms with Crippen molar-refractivity contribution < 1.29 is 4.79 Å². The number of hydrogen-bond donors (Lipinski definition) is 2. The van der Waals surface area contributed by atoms with E-state index in [1.54, 1.807) is 4.68 Å². The van der Waals surface area contributed by atoms with E-state index in [4.69, 9.17) is 0 Å². The van der Waals surface area contributed by atoms with E-state index < -0.39 is 0 Å². The Bertz CT molecular complexity index is 343. The van der Waals surface area contributed by atoms with Gasteiger partial charge in [0.15, 0.2) is 0 Å². The molecule has 0 bridgehead atoms. The van der Waals surface area contributed by atoms with Crippen molar-refractivity contribution in [3.63, 3.8) is 0 Å². The second-order valence-electron chi connectivity index (χ2n) is 3.91. The highest BCUT2D eigenvalue weighted by atomic mass is 16.2. The minimum Gasteiger partial charge on any atom is -0.338 e. The number of urea groups is 1. The summed E-state index contributed by atoms with van der Waals surface area (Å²) in [6.45, 7) is 0.634. The Morgan fingerprint density at radius 1 is 1.67 bits per heavy atom. The summed E-state index contributed by atoms with van der Waals surface area (Å²) in [4.78, 5) is 11.2. The maximum atomic E-state index is 11.2. The lowest BCUT2D eigenvalue weighted by Crippen LogP contribution is -2.37. The molecule has 2 amide bonds. The normalized spacial score (nSPS) is 15.0. The second kappa shape index (κ2) is 4.33. The molecule has 0 radical (unpaired) electrons. The fourth-order valence-corrected chi connectivity index (χ4v) is 1.36. The predicted molar refractivity (Wildman–Crippen MR) is 56.5 cm³/mol. The summed E-state index contributed by atoms with van der Waals surface area (Å²) in [6, 6.07) is 2.31. The molecule has 2 N–H and O–H groups in total. The number of hydrogen-bond acceptors (Lipinski definition) is 2. The first-order valence-corrected chi connectivity index (χ1v) is 5.27. The highest BCUT2D eigenvalue weighted by molar-refractivity contribution is 5.74. The molecule has 82 valence electrons. The van der Waals surface area contributed by atoms with Gasteiger partial charge in [0, 0.05) is 32.3 Å². The minimum absolute atomic E-state index is 0.0616. The van der Waals surface area contributed by atoms with Crippen LogP contribution in [-0.2, 0) is 13.5 Å². The Kier molecular flexibility index (Phi) is 2.89. The molecule has 1 aromatic rings. The van der Waals surface area contributed by atoms with Crippen molar-refractivity contribution in [3.05, 3.63) is 18.0 Å². The van der Waals surface area contributed by atoms with Crippen LogP contribution in [0.2, 0.25) is 0 Å². The van der Waals surface area contributed by atoms with Gasteiger partial charge < -0.3 is 10.6 Å². The van der Waals surface area contributed by atoms with Gasteiger partial charge in [-0.1, -0.05) is 0 Å². The maximum absolute atomic E-state index is 11.2. The van der Waals surface area contributed by atoms with Crippen molar-refractivity contribution in [2.45, 2.75) is 25.3 Å². The smallest absolute Gasteiger partial charge is 0.315 e. The van der Waals surface area contributed by atoms with Gasteiger partial charge in [0.05, 0.1) is 5.69 Å². The molecule has 1 aliphatic carbocycles. The first kappa shape index (κ1) is 10.0. The van der Waals surface area contributed by atoms with Crippen molar-refractivity contribution in [3.8, 4) is 0 Å². The summed E-state index contributed by atoms with van der Waals surface area (Å²) in [6.07, 6.45) is 4.92. The summed E-state index contributed by atoms with van der Waals surface area (Å²) < 4.78 is 1.76. The SMILES string of the molecule is Cn1ccc(CCNC(=O)NC2CC2)n1. The predicted octanol–water partition coefficient (Wildman–Crippen LogP) is 0.424. The highest BCUT2D eigenvalue weighted by Gasteiger charge is 2.22. The van der Waals surface area contributed by atoms with Crippen LogP contribution in [0.25, 0.3) is 0 Å². The van der Waals surface area contributed by atoms with Gasteiger partial charge in [-0.25, -0.2) is 4.79 Å². The van der Waals surface area contributed by atoms with Crippen molar-refractivity contribution in [2.75, 3.05) is 6.54 Å². The highest BCUT2D eigenvalue weighted by Crippen LogP contribution is 2.18. The second-order valence-corrected chi connectivity index (χ2v) is 3.91. The zero-order valence-electron chi connectivity index (χ0n) is 8.86. The summed E-state index contributed by atoms with van der Waals surface area (Å²) in [5, 5.41) is 9.91. The zero-order valence-corrected chi connectivity index (χ0v) is 8.86. The summed E-state index contributed by atoms with van der Waals surface area (Å²) >= 11 is 0. The molecule has 5 nitrogen and oxygen atoms in total. The number of rotatable bonds is 4. The fraction of sp³-hybridized carbons (Fsp3) is 0.600. The first-order valence-electron chi connectivity index (χ1n) is 5.27. The molecule has 2 rings (SSSR count). The van der Waals surface area contributed by atoms with Gasteiger partial charge in [-0.3, -0.25) is 4.68 Å². The van der Waals surface area contributed by atoms with Crippen LogP contribution in [0.5, 0.6) is 0 Å². The average Bonchev–Trinajstić information content (AvgIpc) is 2.89. The molecule has 1 saturated carbocycles. The third kappa shape index (κ3) is 3.27. The first-order chi connectivity index (χ1) is 7.24. The minimum atomic E-state index is -0.0616. The van der Waals surface area contributed by atoms with Crippen LogP contribution in [0.1, 0.15) is 18.5 Å². The Balaban J connectivity index is 1.63. The zero-order chi connectivity index (χ0) is 10.7. The maximum Gasteiger partial charge on any atom is 0.315 e. The van der Waals surface area contributed by atoms with E-state index in [1.807, 2.05) is 19.3 Å². The lowest BCUT2D eigenvalue weighted by molar-refractivity contribution is 0.240. The van der Waals surface area contributed by atoms with Crippen molar-refractivity contribution >= 4 is 6.03 Å². The van der Waals surface area contributed by atoms with E-state index in [-0.39, 0.29) is 6.03 Å². The van der Waals surface area contributed by atoms with Gasteiger partial charge in [0.2, 0.25) is 0 Å². The molecular formula is C10H16N4O. The Morgan fingerprint density at radius 3 is 3.07 bits per heavy atom. The number of amides is 2. The van der Waals surface area contributed by atoms with Crippen molar-refractivity contribution in [2.24, 2.45) is 7.05 Å². The molecule has 1 aliphatic rings. The number of carbonyl (C=O) groups is 1. The lowest BCUT2D eigenvalue weighted by Gasteiger charge is -2.04. The Morgan fingerprint density at radius 2 is 2.47 bits per heavy atom. The van der Waals surface area contributed by atoms with Crippen LogP contribution < -0.4 is 10.6 Å². The van der Waals surface area contributed by atoms with Crippen LogP contribution in [0.4, 0.5) is 4.79 Å². The molecule has 5 heteroatoms. The molecule has 0 aliphatic heterocycles. The van der Waals surface area contributed by atoms with Crippen LogP contribution in [-0.4, -0.2) is 28.4 Å². The molecule has 0 saturated heterocycles. The van der Waals surface area contributed by atoms with Gasteiger partial charge in [0.1, 0.15) is 0 Å². The van der Waals surface area contributed by atoms with E-state index in [1.165, 1.54) is 0 Å². The third-order valence-electron chi connectivity index (χ3n) is 2.35. The van der Waals surface area contributed by atoms with Gasteiger partial charge in [-0.05, 0) is 18.9 Å². The lowest BCUT2D eigenvalue weighted by atomic mass is 10.3. The van der Waals surface area contributed by atoms with Crippen LogP contribution in [0.3, 0.4) is 0 Å². The Hall–Kier alpha value is -1.52. The van der Waals surface area contributed by atoms with E-state index in [2.05, 4.69) is 15.7 Å². The standard InChI is InChI=1S/C10H16N4O/c1-14-7-5-9(13-14)4-6-11-10(15)12-8-2-3-8/h5,7-8H,2-4,6H2,1H3,(H2,11,12,15). The summed E-state index contributed by atoms with van der Waals surface area (Å²) in [5.41, 5.74) is 1.00. The van der Waals surface area contributed by atoms with Gasteiger partial charge in [0.25, 0.3) is 0 Å². The summed E-state index contributed by atoms with van der Waals surface area (Å²) in [5.74, 6) is 0. The van der Waals surface area contributed by atoms with E-state index >= 15 is 0 Å². The van der Waals surface area contributed by atoms with E-state index in [9.17, 15) is 4.79 Å². The Labute approximate surface area is 88.8 Å². The molecule has 1 aromatic heterocycles. The molecule has 1 fully saturated rings. The number of aromatic nitrogens is 2. The van der Waals surface area contributed by atoms with Crippen LogP contribution >= 0.6 is 0 Å². The van der Waals surface area contributed by atoms with Gasteiger partial charge in [-0.15, -0.1) is 0 Å². The molecule has 0 unspecified atom stereocenters. The number of carbonyl (C=O) groups excluding carboxylic acids is 1. The molecule has 0 atom stereocenters. The monoisotopic (exact) mass is 208 g/mol. The van der Waals surface area contributed by atoms with Crippen molar-refractivity contribution in [1.29, 1.82) is 0 Å². The average molecular weight is 208 g/mol. The molecule has 0 aromatic carbocycles. The van der Waals surface area contributed by atoms with Crippen LogP contribution in [0, 0.1) is 0 Å². The largest absolute Gasteiger partial charge is 0.338 e. The number of nitrogens with one attached hydrogen (secondary N) is 2. The van der Waals surface area contributed by atoms with E-state index in [0.717, 1.165) is 25.0 Å². The van der Waals surface area contributed by atoms with Crippen molar-refractivity contribution in [1.82, 2.24) is 20.4 Å². The van der Waals surface area contributed by atoms with Gasteiger partial charge >= 0.3 is 6.03 Å². The van der Waals surface area contributed by atoms with E-state index in [0.29, 0.717) is 12.6 Å². The quantitative estimate of drug-likeness (QED) is 0.753. The molecular weight excluding hydrogens is 192 g/mol. The summed E-state index contributed by atoms with van der Waals surface area (Å²) in [7, 11) is 1.89. The van der Waals surface area contributed by atoms with Gasteiger partial charge in [-0.2, -0.15) is 5.10 Å². The number of nitrogens with zero attached hydrogens (tertiary/aromatic N) is 2. The third-order valence-corrected chi connectivity index (χ3v) is 2.35. The molecule has 1 heterocycles. The molecule has 0 spiro atoms. The van der Waals surface area contributed by atoms with Crippen LogP contribution in [0.15, 0.2) is 12.3 Å². The molecule has 15 heavy (non-hydrogen) atoms.